The van der Waals surface area contributed by atoms with Gasteiger partial charge in [-0.05, 0) is 58.6 Å². The van der Waals surface area contributed by atoms with E-state index >= 15 is 0 Å². The second-order valence-electron chi connectivity index (χ2n) is 5.84. The number of carbonyl (C=O) groups is 1. The van der Waals surface area contributed by atoms with E-state index in [0.29, 0.717) is 17.6 Å². The van der Waals surface area contributed by atoms with Gasteiger partial charge in [0.15, 0.2) is 0 Å². The fourth-order valence-electron chi connectivity index (χ4n) is 2.76. The molecule has 1 aliphatic rings. The summed E-state index contributed by atoms with van der Waals surface area (Å²) in [7, 11) is 0. The van der Waals surface area contributed by atoms with E-state index in [4.69, 9.17) is 4.74 Å². The van der Waals surface area contributed by atoms with E-state index in [0.717, 1.165) is 17.7 Å². The topological polar surface area (TPSA) is 58.6 Å². The molecule has 120 valence electrons. The molecule has 4 nitrogen and oxygen atoms in total. The number of hydrogen-bond acceptors (Lipinski definition) is 3. The van der Waals surface area contributed by atoms with Crippen LogP contribution in [0.2, 0.25) is 0 Å². The maximum absolute atomic E-state index is 12.3. The minimum absolute atomic E-state index is 0.0293. The lowest BCUT2D eigenvalue weighted by atomic mass is 9.96. The maximum atomic E-state index is 12.3. The van der Waals surface area contributed by atoms with Gasteiger partial charge in [0.1, 0.15) is 11.5 Å². The molecule has 0 saturated heterocycles. The van der Waals surface area contributed by atoms with Crippen molar-refractivity contribution in [1.29, 1.82) is 0 Å². The molecule has 0 unspecified atom stereocenters. The van der Waals surface area contributed by atoms with Crippen LogP contribution < -0.4 is 10.1 Å². The highest BCUT2D eigenvalue weighted by atomic mass is 79.9. The fourth-order valence-corrected chi connectivity index (χ4v) is 3.34. The van der Waals surface area contributed by atoms with Crippen LogP contribution in [0.3, 0.4) is 0 Å². The van der Waals surface area contributed by atoms with E-state index in [1.54, 1.807) is 12.1 Å². The van der Waals surface area contributed by atoms with E-state index in [2.05, 4.69) is 21.2 Å². The Kier molecular flexibility index (Phi) is 4.57. The van der Waals surface area contributed by atoms with Crippen LogP contribution in [0.15, 0.2) is 40.9 Å². The lowest BCUT2D eigenvalue weighted by Crippen LogP contribution is -2.34. The third-order valence-electron chi connectivity index (χ3n) is 3.96. The molecule has 3 rings (SSSR count). The summed E-state index contributed by atoms with van der Waals surface area (Å²) in [6.07, 6.45) is 0.875. The van der Waals surface area contributed by atoms with Gasteiger partial charge in [-0.25, -0.2) is 0 Å². The normalized spacial score (nSPS) is 16.3. The highest BCUT2D eigenvalue weighted by Gasteiger charge is 2.21. The largest absolute Gasteiger partial charge is 0.506 e. The minimum atomic E-state index is -0.272. The predicted octanol–water partition coefficient (Wildman–Crippen LogP) is 3.44. The van der Waals surface area contributed by atoms with E-state index < -0.39 is 0 Å². The standard InChI is InChI=1S/C18H18BrNO3/c1-11-6-14(17(21)15(19)7-11)18(22)20-9-12-8-13-4-2-3-5-16(13)23-10-12/h2-7,12,21H,8-10H2,1H3,(H,20,22)/t12-/m0/s1. The molecule has 0 radical (unpaired) electrons. The lowest BCUT2D eigenvalue weighted by molar-refractivity contribution is 0.0936. The molecule has 2 N–H and O–H groups in total. The van der Waals surface area contributed by atoms with Gasteiger partial charge in [0.2, 0.25) is 0 Å². The van der Waals surface area contributed by atoms with E-state index in [9.17, 15) is 9.90 Å². The Bertz CT molecular complexity index is 745. The molecule has 5 heteroatoms. The Balaban J connectivity index is 1.64. The van der Waals surface area contributed by atoms with Gasteiger partial charge in [-0.1, -0.05) is 18.2 Å². The van der Waals surface area contributed by atoms with Crippen molar-refractivity contribution >= 4 is 21.8 Å². The Hall–Kier alpha value is -2.01. The summed E-state index contributed by atoms with van der Waals surface area (Å²) in [6, 6.07) is 11.4. The fraction of sp³-hybridized carbons (Fsp3) is 0.278. The van der Waals surface area contributed by atoms with Crippen LogP contribution in [0.4, 0.5) is 0 Å². The van der Waals surface area contributed by atoms with Crippen LogP contribution in [-0.4, -0.2) is 24.2 Å². The molecule has 0 aromatic heterocycles. The molecule has 23 heavy (non-hydrogen) atoms. The summed E-state index contributed by atoms with van der Waals surface area (Å²) in [5.41, 5.74) is 2.36. The van der Waals surface area contributed by atoms with Crippen molar-refractivity contribution in [2.75, 3.05) is 13.2 Å². The average molecular weight is 376 g/mol. The van der Waals surface area contributed by atoms with Crippen LogP contribution >= 0.6 is 15.9 Å². The summed E-state index contributed by atoms with van der Waals surface area (Å²) in [5.74, 6) is 0.851. The molecule has 0 aliphatic carbocycles. The Morgan fingerprint density at radius 1 is 1.39 bits per heavy atom. The molecule has 2 aromatic rings. The number of amides is 1. The maximum Gasteiger partial charge on any atom is 0.255 e. The number of ether oxygens (including phenoxy) is 1. The van der Waals surface area contributed by atoms with E-state index in [-0.39, 0.29) is 23.1 Å². The van der Waals surface area contributed by atoms with Crippen molar-refractivity contribution in [3.8, 4) is 11.5 Å². The number of benzene rings is 2. The molecular formula is C18H18BrNO3. The number of aromatic hydroxyl groups is 1. The van der Waals surface area contributed by atoms with Gasteiger partial charge in [0, 0.05) is 12.5 Å². The summed E-state index contributed by atoms with van der Waals surface area (Å²) >= 11 is 3.26. The predicted molar refractivity (Wildman–Crippen MR) is 92.0 cm³/mol. The minimum Gasteiger partial charge on any atom is -0.506 e. The van der Waals surface area contributed by atoms with Crippen LogP contribution in [0.1, 0.15) is 21.5 Å². The van der Waals surface area contributed by atoms with Crippen LogP contribution in [0.25, 0.3) is 0 Å². The van der Waals surface area contributed by atoms with Crippen LogP contribution in [-0.2, 0) is 6.42 Å². The van der Waals surface area contributed by atoms with E-state index in [1.807, 2.05) is 31.2 Å². The summed E-state index contributed by atoms with van der Waals surface area (Å²) < 4.78 is 6.25. The number of nitrogens with one attached hydrogen (secondary N) is 1. The first-order chi connectivity index (χ1) is 11.0. The van der Waals surface area contributed by atoms with Gasteiger partial charge in [-0.15, -0.1) is 0 Å². The third-order valence-corrected chi connectivity index (χ3v) is 4.56. The van der Waals surface area contributed by atoms with Crippen molar-refractivity contribution < 1.29 is 14.6 Å². The SMILES string of the molecule is Cc1cc(Br)c(O)c(C(=O)NC[C@H]2COc3ccccc3C2)c1. The number of carbonyl (C=O) groups excluding carboxylic acids is 1. The molecule has 2 aromatic carbocycles. The summed E-state index contributed by atoms with van der Waals surface area (Å²) in [5, 5.41) is 12.9. The number of para-hydroxylation sites is 1. The number of aryl methyl sites for hydroxylation is 1. The molecule has 0 spiro atoms. The zero-order chi connectivity index (χ0) is 16.4. The molecule has 0 fully saturated rings. The molecule has 1 aliphatic heterocycles. The van der Waals surface area contributed by atoms with Crippen molar-refractivity contribution in [2.24, 2.45) is 5.92 Å². The highest BCUT2D eigenvalue weighted by molar-refractivity contribution is 9.10. The first kappa shape index (κ1) is 15.9. The average Bonchev–Trinajstić information content (AvgIpc) is 2.55. The molecule has 0 bridgehead atoms. The summed E-state index contributed by atoms with van der Waals surface area (Å²) in [4.78, 5) is 12.3. The lowest BCUT2D eigenvalue weighted by Gasteiger charge is -2.25. The highest BCUT2D eigenvalue weighted by Crippen LogP contribution is 2.30. The zero-order valence-corrected chi connectivity index (χ0v) is 14.4. The number of halogens is 1. The van der Waals surface area contributed by atoms with Crippen molar-refractivity contribution in [3.63, 3.8) is 0 Å². The Labute approximate surface area is 143 Å². The smallest absolute Gasteiger partial charge is 0.255 e. The Morgan fingerprint density at radius 3 is 3.00 bits per heavy atom. The summed E-state index contributed by atoms with van der Waals surface area (Å²) in [6.45, 7) is 2.98. The van der Waals surface area contributed by atoms with Gasteiger partial charge >= 0.3 is 0 Å². The van der Waals surface area contributed by atoms with Crippen molar-refractivity contribution in [1.82, 2.24) is 5.32 Å². The number of phenolic OH excluding ortho intramolecular Hbond substituents is 1. The van der Waals surface area contributed by atoms with Crippen molar-refractivity contribution in [2.45, 2.75) is 13.3 Å². The Morgan fingerprint density at radius 2 is 2.17 bits per heavy atom. The monoisotopic (exact) mass is 375 g/mol. The number of fused-ring (bicyclic) bond motifs is 1. The second kappa shape index (κ2) is 6.62. The van der Waals surface area contributed by atoms with Crippen molar-refractivity contribution in [3.05, 3.63) is 57.6 Å². The van der Waals surface area contributed by atoms with Gasteiger partial charge in [-0.3, -0.25) is 4.79 Å². The second-order valence-corrected chi connectivity index (χ2v) is 6.70. The number of phenols is 1. The van der Waals surface area contributed by atoms with Crippen LogP contribution in [0, 0.1) is 12.8 Å². The molecule has 0 saturated carbocycles. The van der Waals surface area contributed by atoms with Gasteiger partial charge in [-0.2, -0.15) is 0 Å². The quantitative estimate of drug-likeness (QED) is 0.863. The van der Waals surface area contributed by atoms with E-state index in [1.165, 1.54) is 5.56 Å². The number of rotatable bonds is 3. The first-order valence-corrected chi connectivity index (χ1v) is 8.32. The number of hydrogen-bond donors (Lipinski definition) is 2. The molecule has 1 atom stereocenters. The van der Waals surface area contributed by atoms with Crippen LogP contribution in [0.5, 0.6) is 11.5 Å². The molecular weight excluding hydrogens is 358 g/mol. The molecule has 1 amide bonds. The third kappa shape index (κ3) is 3.50. The van der Waals surface area contributed by atoms with Gasteiger partial charge in [0.25, 0.3) is 5.91 Å². The van der Waals surface area contributed by atoms with Gasteiger partial charge in [0.05, 0.1) is 16.6 Å². The molecule has 1 heterocycles. The first-order valence-electron chi connectivity index (χ1n) is 7.52. The van der Waals surface area contributed by atoms with Gasteiger partial charge < -0.3 is 15.2 Å². The zero-order valence-electron chi connectivity index (χ0n) is 12.8.